The van der Waals surface area contributed by atoms with Crippen LogP contribution in [-0.4, -0.2) is 31.4 Å². The van der Waals surface area contributed by atoms with Gasteiger partial charge in [0, 0.05) is 25.3 Å². The fourth-order valence-corrected chi connectivity index (χ4v) is 1.00. The summed E-state index contributed by atoms with van der Waals surface area (Å²) in [4.78, 5) is 11.5. The third kappa shape index (κ3) is 3.16. The van der Waals surface area contributed by atoms with Crippen LogP contribution in [0.1, 0.15) is 10.4 Å². The molecule has 0 saturated carbocycles. The summed E-state index contributed by atoms with van der Waals surface area (Å²) in [6.45, 7) is 0.302. The van der Waals surface area contributed by atoms with E-state index >= 15 is 0 Å². The van der Waals surface area contributed by atoms with E-state index < -0.39 is 0 Å². The molecule has 0 unspecified atom stereocenters. The number of hydrazine groups is 1. The molecule has 4 heteroatoms. The first-order valence-electron chi connectivity index (χ1n) is 4.39. The summed E-state index contributed by atoms with van der Waals surface area (Å²) in [7, 11) is 3.69. The van der Waals surface area contributed by atoms with Crippen LogP contribution in [0.3, 0.4) is 0 Å². The van der Waals surface area contributed by atoms with Crippen LogP contribution in [0.5, 0.6) is 0 Å². The molecule has 1 aromatic carbocycles. The maximum Gasteiger partial charge on any atom is 0.178 e. The maximum absolute atomic E-state index is 11.5. The highest BCUT2D eigenvalue weighted by atomic mass is 16.1. The zero-order chi connectivity index (χ0) is 10.6. The average molecular weight is 193 g/mol. The molecule has 0 fully saturated rings. The van der Waals surface area contributed by atoms with Crippen LogP contribution in [0.4, 0.5) is 5.69 Å². The fraction of sp³-hybridized carbons (Fsp3) is 0.300. The Bertz CT molecular complexity index is 306. The summed E-state index contributed by atoms with van der Waals surface area (Å²) in [6, 6.07) is 6.91. The molecule has 0 aromatic heterocycles. The van der Waals surface area contributed by atoms with Crippen LogP contribution in [0.2, 0.25) is 0 Å². The number of hydrogen-bond acceptors (Lipinski definition) is 4. The fourth-order valence-electron chi connectivity index (χ4n) is 1.00. The van der Waals surface area contributed by atoms with Crippen LogP contribution in [0.25, 0.3) is 0 Å². The lowest BCUT2D eigenvalue weighted by Crippen LogP contribution is -2.34. The highest BCUT2D eigenvalue weighted by Crippen LogP contribution is 2.05. The number of ketones is 1. The van der Waals surface area contributed by atoms with Crippen LogP contribution < -0.4 is 11.2 Å². The lowest BCUT2D eigenvalue weighted by molar-refractivity contribution is 0.0964. The van der Waals surface area contributed by atoms with Crippen molar-refractivity contribution in [3.63, 3.8) is 0 Å². The lowest BCUT2D eigenvalue weighted by atomic mass is 10.1. The second-order valence-electron chi connectivity index (χ2n) is 3.27. The predicted octanol–water partition coefficient (Wildman–Crippen LogP) is 0.518. The third-order valence-corrected chi connectivity index (χ3v) is 1.79. The van der Waals surface area contributed by atoms with Crippen molar-refractivity contribution in [2.75, 3.05) is 26.4 Å². The molecule has 3 N–H and O–H groups in total. The van der Waals surface area contributed by atoms with Crippen molar-refractivity contribution in [1.82, 2.24) is 10.4 Å². The van der Waals surface area contributed by atoms with E-state index in [0.29, 0.717) is 17.8 Å². The summed E-state index contributed by atoms with van der Waals surface area (Å²) in [5.74, 6) is 0.0544. The zero-order valence-electron chi connectivity index (χ0n) is 8.45. The molecule has 0 atom stereocenters. The van der Waals surface area contributed by atoms with Crippen LogP contribution >= 0.6 is 0 Å². The molecule has 0 aliphatic heterocycles. The Labute approximate surface area is 83.7 Å². The molecule has 0 spiro atoms. The average Bonchev–Trinajstić information content (AvgIpc) is 2.15. The van der Waals surface area contributed by atoms with Crippen LogP contribution in [-0.2, 0) is 0 Å². The van der Waals surface area contributed by atoms with E-state index in [9.17, 15) is 4.79 Å². The minimum atomic E-state index is 0.0544. The normalized spacial score (nSPS) is 10.5. The summed E-state index contributed by atoms with van der Waals surface area (Å²) >= 11 is 0. The molecule has 0 amide bonds. The second kappa shape index (κ2) is 4.74. The van der Waals surface area contributed by atoms with Crippen LogP contribution in [0.15, 0.2) is 24.3 Å². The predicted molar refractivity (Wildman–Crippen MR) is 56.9 cm³/mol. The Hall–Kier alpha value is -1.39. The lowest BCUT2D eigenvalue weighted by Gasteiger charge is -2.10. The molecule has 0 saturated heterocycles. The van der Waals surface area contributed by atoms with E-state index in [2.05, 4.69) is 5.43 Å². The van der Waals surface area contributed by atoms with Gasteiger partial charge in [0.2, 0.25) is 0 Å². The van der Waals surface area contributed by atoms with E-state index in [4.69, 9.17) is 5.73 Å². The molecule has 1 rings (SSSR count). The smallest absolute Gasteiger partial charge is 0.178 e. The largest absolute Gasteiger partial charge is 0.399 e. The zero-order valence-corrected chi connectivity index (χ0v) is 8.45. The molecule has 0 aliphatic rings. The van der Waals surface area contributed by atoms with Gasteiger partial charge in [0.15, 0.2) is 5.78 Å². The second-order valence-corrected chi connectivity index (χ2v) is 3.27. The van der Waals surface area contributed by atoms with Gasteiger partial charge in [-0.3, -0.25) is 9.80 Å². The Morgan fingerprint density at radius 3 is 2.43 bits per heavy atom. The van der Waals surface area contributed by atoms with Gasteiger partial charge in [-0.2, -0.15) is 0 Å². The first-order valence-corrected chi connectivity index (χ1v) is 4.39. The number of nitrogens with two attached hydrogens (primary N) is 1. The van der Waals surface area contributed by atoms with Crippen molar-refractivity contribution < 1.29 is 4.79 Å². The van der Waals surface area contributed by atoms with Gasteiger partial charge in [-0.15, -0.1) is 0 Å². The maximum atomic E-state index is 11.5. The van der Waals surface area contributed by atoms with Gasteiger partial charge in [-0.1, -0.05) is 0 Å². The number of nitrogens with one attached hydrogen (secondary N) is 1. The van der Waals surface area contributed by atoms with Crippen molar-refractivity contribution in [3.8, 4) is 0 Å². The van der Waals surface area contributed by atoms with Crippen molar-refractivity contribution in [1.29, 1.82) is 0 Å². The molecule has 1 aromatic rings. The van der Waals surface area contributed by atoms with Gasteiger partial charge in [-0.05, 0) is 24.3 Å². The van der Waals surface area contributed by atoms with Gasteiger partial charge in [0.25, 0.3) is 0 Å². The number of nitrogen functional groups attached to an aromatic ring is 1. The highest BCUT2D eigenvalue weighted by Gasteiger charge is 2.04. The first-order chi connectivity index (χ1) is 6.59. The molecule has 0 heterocycles. The molecular weight excluding hydrogens is 178 g/mol. The third-order valence-electron chi connectivity index (χ3n) is 1.79. The van der Waals surface area contributed by atoms with Crippen molar-refractivity contribution in [3.05, 3.63) is 29.8 Å². The molecule has 14 heavy (non-hydrogen) atoms. The van der Waals surface area contributed by atoms with E-state index in [0.717, 1.165) is 0 Å². The summed E-state index contributed by atoms with van der Waals surface area (Å²) in [6.07, 6.45) is 0. The Balaban J connectivity index is 2.57. The molecule has 0 bridgehead atoms. The van der Waals surface area contributed by atoms with Gasteiger partial charge in [0.1, 0.15) is 0 Å². The minimum Gasteiger partial charge on any atom is -0.399 e. The van der Waals surface area contributed by atoms with E-state index in [-0.39, 0.29) is 5.78 Å². The van der Waals surface area contributed by atoms with E-state index in [1.807, 2.05) is 14.1 Å². The van der Waals surface area contributed by atoms with Crippen LogP contribution in [0, 0.1) is 0 Å². The number of carbonyl (C=O) groups is 1. The Morgan fingerprint density at radius 1 is 1.36 bits per heavy atom. The van der Waals surface area contributed by atoms with E-state index in [1.54, 1.807) is 29.3 Å². The molecule has 76 valence electrons. The SMILES string of the molecule is CN(C)NCC(=O)c1ccc(N)cc1. The number of anilines is 1. The first kappa shape index (κ1) is 10.7. The van der Waals surface area contributed by atoms with Gasteiger partial charge in [0.05, 0.1) is 6.54 Å². The standard InChI is InChI=1S/C10H15N3O/c1-13(2)12-7-10(14)8-3-5-9(11)6-4-8/h3-6,12H,7,11H2,1-2H3. The van der Waals surface area contributed by atoms with Gasteiger partial charge >= 0.3 is 0 Å². The number of rotatable bonds is 4. The number of nitrogens with zero attached hydrogens (tertiary/aromatic N) is 1. The molecule has 0 radical (unpaired) electrons. The topological polar surface area (TPSA) is 58.4 Å². The number of Topliss-reactive ketones (excluding diaryl/α,β-unsaturated/α-hetero) is 1. The highest BCUT2D eigenvalue weighted by molar-refractivity contribution is 5.97. The monoisotopic (exact) mass is 193 g/mol. The van der Waals surface area contributed by atoms with Gasteiger partial charge < -0.3 is 5.73 Å². The molecule has 4 nitrogen and oxygen atoms in total. The number of benzene rings is 1. The summed E-state index contributed by atoms with van der Waals surface area (Å²) < 4.78 is 0. The van der Waals surface area contributed by atoms with Crippen molar-refractivity contribution >= 4 is 11.5 Å². The Kier molecular flexibility index (Phi) is 3.62. The number of carbonyl (C=O) groups excluding carboxylic acids is 1. The molecule has 0 aliphatic carbocycles. The summed E-state index contributed by atoms with van der Waals surface area (Å²) in [5.41, 5.74) is 9.77. The van der Waals surface area contributed by atoms with E-state index in [1.165, 1.54) is 0 Å². The Morgan fingerprint density at radius 2 is 1.93 bits per heavy atom. The quantitative estimate of drug-likeness (QED) is 0.416. The van der Waals surface area contributed by atoms with Gasteiger partial charge in [-0.25, -0.2) is 5.43 Å². The molecular formula is C10H15N3O. The number of hydrogen-bond donors (Lipinski definition) is 2. The van der Waals surface area contributed by atoms with Crippen molar-refractivity contribution in [2.24, 2.45) is 0 Å². The minimum absolute atomic E-state index is 0.0544. The van der Waals surface area contributed by atoms with Crippen molar-refractivity contribution in [2.45, 2.75) is 0 Å². The summed E-state index contributed by atoms with van der Waals surface area (Å²) in [5, 5.41) is 1.75.